The molecule has 0 aromatic heterocycles. The van der Waals surface area contributed by atoms with Crippen LogP contribution in [0.3, 0.4) is 0 Å². The molecule has 0 radical (unpaired) electrons. The molecule has 1 fully saturated rings. The second kappa shape index (κ2) is 10.8. The van der Waals surface area contributed by atoms with Crippen LogP contribution in [-0.2, 0) is 25.5 Å². The van der Waals surface area contributed by atoms with E-state index in [1.807, 2.05) is 35.2 Å². The van der Waals surface area contributed by atoms with Crippen LogP contribution in [0.15, 0.2) is 30.3 Å². The van der Waals surface area contributed by atoms with Crippen molar-refractivity contribution < 1.29 is 19.1 Å². The molecule has 138 valence electrons. The molecular formula is C19H28N2O4. The van der Waals surface area contributed by atoms with Gasteiger partial charge in [-0.1, -0.05) is 30.3 Å². The fourth-order valence-corrected chi connectivity index (χ4v) is 2.86. The van der Waals surface area contributed by atoms with E-state index >= 15 is 0 Å². The van der Waals surface area contributed by atoms with Gasteiger partial charge in [0.05, 0.1) is 13.2 Å². The topological polar surface area (TPSA) is 59.1 Å². The monoisotopic (exact) mass is 348 g/mol. The molecule has 1 heterocycles. The molecule has 0 atom stereocenters. The number of rotatable bonds is 8. The number of hydrogen-bond acceptors (Lipinski definition) is 4. The van der Waals surface area contributed by atoms with Gasteiger partial charge in [0.1, 0.15) is 6.61 Å². The summed E-state index contributed by atoms with van der Waals surface area (Å²) in [5, 5.41) is 0. The number of methoxy groups -OCH3 is 1. The number of amides is 2. The van der Waals surface area contributed by atoms with Gasteiger partial charge in [0.15, 0.2) is 0 Å². The Morgan fingerprint density at radius 2 is 1.64 bits per heavy atom. The summed E-state index contributed by atoms with van der Waals surface area (Å²) in [6.45, 7) is 3.53. The highest BCUT2D eigenvalue weighted by Gasteiger charge is 2.21. The van der Waals surface area contributed by atoms with Crippen molar-refractivity contribution in [2.24, 2.45) is 0 Å². The first-order chi connectivity index (χ1) is 12.2. The lowest BCUT2D eigenvalue weighted by Gasteiger charge is -2.22. The van der Waals surface area contributed by atoms with E-state index in [9.17, 15) is 9.59 Å². The summed E-state index contributed by atoms with van der Waals surface area (Å²) in [7, 11) is 1.60. The minimum atomic E-state index is -0.0188. The Labute approximate surface area is 149 Å². The standard InChI is InChI=1S/C19H28N2O4/c1-24-14-15-25-16-19(23)21-11-5-10-20(12-13-21)18(22)9-8-17-6-3-2-4-7-17/h2-4,6-7H,5,8-16H2,1H3. The average Bonchev–Trinajstić information content (AvgIpc) is 2.90. The van der Waals surface area contributed by atoms with Crippen LogP contribution in [0.2, 0.25) is 0 Å². The van der Waals surface area contributed by atoms with Gasteiger partial charge in [-0.25, -0.2) is 0 Å². The van der Waals surface area contributed by atoms with Crippen LogP contribution in [0, 0.1) is 0 Å². The van der Waals surface area contributed by atoms with Crippen LogP contribution < -0.4 is 0 Å². The van der Waals surface area contributed by atoms with Gasteiger partial charge in [-0.2, -0.15) is 0 Å². The first kappa shape index (κ1) is 19.4. The van der Waals surface area contributed by atoms with Crippen molar-refractivity contribution in [1.82, 2.24) is 9.80 Å². The van der Waals surface area contributed by atoms with Gasteiger partial charge in [-0.05, 0) is 18.4 Å². The van der Waals surface area contributed by atoms with Crippen LogP contribution in [0.5, 0.6) is 0 Å². The van der Waals surface area contributed by atoms with Gasteiger partial charge >= 0.3 is 0 Å². The predicted molar refractivity (Wildman–Crippen MR) is 95.2 cm³/mol. The molecule has 2 rings (SSSR count). The van der Waals surface area contributed by atoms with Crippen molar-refractivity contribution >= 4 is 11.8 Å². The van der Waals surface area contributed by atoms with Crippen LogP contribution in [0.1, 0.15) is 18.4 Å². The van der Waals surface area contributed by atoms with Gasteiger partial charge < -0.3 is 19.3 Å². The highest BCUT2D eigenvalue weighted by molar-refractivity contribution is 5.78. The van der Waals surface area contributed by atoms with Crippen molar-refractivity contribution in [1.29, 1.82) is 0 Å². The summed E-state index contributed by atoms with van der Waals surface area (Å²) in [6, 6.07) is 10.0. The maximum atomic E-state index is 12.4. The van der Waals surface area contributed by atoms with E-state index in [4.69, 9.17) is 9.47 Å². The number of hydrogen-bond donors (Lipinski definition) is 0. The molecule has 1 aliphatic heterocycles. The van der Waals surface area contributed by atoms with Crippen molar-refractivity contribution in [2.45, 2.75) is 19.3 Å². The molecule has 0 N–H and O–H groups in total. The number of nitrogens with zero attached hydrogens (tertiary/aromatic N) is 2. The van der Waals surface area contributed by atoms with Gasteiger partial charge in [-0.15, -0.1) is 0 Å². The Morgan fingerprint density at radius 3 is 2.32 bits per heavy atom. The molecule has 6 heteroatoms. The molecule has 2 amide bonds. The molecule has 6 nitrogen and oxygen atoms in total. The molecule has 1 aliphatic rings. The predicted octanol–water partition coefficient (Wildman–Crippen LogP) is 1.34. The maximum Gasteiger partial charge on any atom is 0.248 e. The Balaban J connectivity index is 1.72. The van der Waals surface area contributed by atoms with Crippen molar-refractivity contribution in [2.75, 3.05) is 53.1 Å². The molecular weight excluding hydrogens is 320 g/mol. The van der Waals surface area contributed by atoms with Crippen LogP contribution in [0.4, 0.5) is 0 Å². The molecule has 0 bridgehead atoms. The highest BCUT2D eigenvalue weighted by Crippen LogP contribution is 2.09. The van der Waals surface area contributed by atoms with E-state index in [0.29, 0.717) is 45.8 Å². The summed E-state index contributed by atoms with van der Waals surface area (Å²) < 4.78 is 10.2. The zero-order chi connectivity index (χ0) is 17.9. The third kappa shape index (κ3) is 6.84. The van der Waals surface area contributed by atoms with Crippen molar-refractivity contribution in [3.8, 4) is 0 Å². The van der Waals surface area contributed by atoms with E-state index in [-0.39, 0.29) is 18.4 Å². The molecule has 1 saturated heterocycles. The van der Waals surface area contributed by atoms with Gasteiger partial charge in [0.2, 0.25) is 11.8 Å². The number of carbonyl (C=O) groups is 2. The lowest BCUT2D eigenvalue weighted by Crippen LogP contribution is -2.39. The largest absolute Gasteiger partial charge is 0.382 e. The van der Waals surface area contributed by atoms with E-state index in [1.54, 1.807) is 12.0 Å². The fraction of sp³-hybridized carbons (Fsp3) is 0.579. The molecule has 0 saturated carbocycles. The summed E-state index contributed by atoms with van der Waals surface area (Å²) in [6.07, 6.45) is 2.07. The molecule has 0 spiro atoms. The smallest absolute Gasteiger partial charge is 0.248 e. The third-order valence-electron chi connectivity index (χ3n) is 4.33. The van der Waals surface area contributed by atoms with Crippen LogP contribution >= 0.6 is 0 Å². The Morgan fingerprint density at radius 1 is 0.960 bits per heavy atom. The second-order valence-corrected chi connectivity index (χ2v) is 6.15. The number of ether oxygens (including phenoxy) is 2. The zero-order valence-corrected chi connectivity index (χ0v) is 15.0. The Bertz CT molecular complexity index is 535. The lowest BCUT2D eigenvalue weighted by molar-refractivity contribution is -0.137. The summed E-state index contributed by atoms with van der Waals surface area (Å²) in [5.74, 6) is 0.143. The summed E-state index contributed by atoms with van der Waals surface area (Å²) in [4.78, 5) is 28.3. The Kier molecular flexibility index (Phi) is 8.42. The molecule has 1 aromatic rings. The van der Waals surface area contributed by atoms with Crippen LogP contribution in [-0.4, -0.2) is 74.7 Å². The van der Waals surface area contributed by atoms with E-state index in [2.05, 4.69) is 0 Å². The lowest BCUT2D eigenvalue weighted by atomic mass is 10.1. The third-order valence-corrected chi connectivity index (χ3v) is 4.33. The fourth-order valence-electron chi connectivity index (χ4n) is 2.86. The molecule has 25 heavy (non-hydrogen) atoms. The number of aryl methyl sites for hydroxylation is 1. The molecule has 0 unspecified atom stereocenters. The SMILES string of the molecule is COCCOCC(=O)N1CCCN(C(=O)CCc2ccccc2)CC1. The van der Waals surface area contributed by atoms with Gasteiger partial charge in [-0.3, -0.25) is 9.59 Å². The average molecular weight is 348 g/mol. The molecule has 1 aromatic carbocycles. The highest BCUT2D eigenvalue weighted by atomic mass is 16.5. The van der Waals surface area contributed by atoms with E-state index in [0.717, 1.165) is 12.8 Å². The Hall–Kier alpha value is -1.92. The van der Waals surface area contributed by atoms with E-state index < -0.39 is 0 Å². The van der Waals surface area contributed by atoms with E-state index in [1.165, 1.54) is 5.56 Å². The number of benzene rings is 1. The second-order valence-electron chi connectivity index (χ2n) is 6.15. The van der Waals surface area contributed by atoms with Crippen molar-refractivity contribution in [3.63, 3.8) is 0 Å². The minimum absolute atomic E-state index is 0.0188. The maximum absolute atomic E-state index is 12.4. The van der Waals surface area contributed by atoms with Gasteiger partial charge in [0.25, 0.3) is 0 Å². The quantitative estimate of drug-likeness (QED) is 0.665. The van der Waals surface area contributed by atoms with Gasteiger partial charge in [0, 0.05) is 39.7 Å². The first-order valence-corrected chi connectivity index (χ1v) is 8.87. The summed E-state index contributed by atoms with van der Waals surface area (Å²) in [5.41, 5.74) is 1.18. The van der Waals surface area contributed by atoms with Crippen LogP contribution in [0.25, 0.3) is 0 Å². The minimum Gasteiger partial charge on any atom is -0.382 e. The zero-order valence-electron chi connectivity index (χ0n) is 15.0. The number of carbonyl (C=O) groups excluding carboxylic acids is 2. The molecule has 0 aliphatic carbocycles. The van der Waals surface area contributed by atoms with Crippen molar-refractivity contribution in [3.05, 3.63) is 35.9 Å². The summed E-state index contributed by atoms with van der Waals surface area (Å²) >= 11 is 0. The normalized spacial score (nSPS) is 15.1. The first-order valence-electron chi connectivity index (χ1n) is 8.87.